The Morgan fingerprint density at radius 1 is 1.33 bits per heavy atom. The minimum Gasteiger partial charge on any atom is -0.369 e. The van der Waals surface area contributed by atoms with Crippen LogP contribution in [0.4, 0.5) is 20.2 Å². The molecule has 0 spiro atoms. The molecule has 1 fully saturated rings. The van der Waals surface area contributed by atoms with Gasteiger partial charge in [0.2, 0.25) is 0 Å². The molecular formula is C14H14F2N2. The van der Waals surface area contributed by atoms with E-state index in [1.165, 1.54) is 5.56 Å². The van der Waals surface area contributed by atoms with E-state index in [4.69, 9.17) is 6.57 Å². The molecule has 2 aliphatic rings. The summed E-state index contributed by atoms with van der Waals surface area (Å²) in [6.07, 6.45) is 1.89. The number of anilines is 1. The predicted molar refractivity (Wildman–Crippen MR) is 66.3 cm³/mol. The molecule has 0 N–H and O–H groups in total. The highest BCUT2D eigenvalue weighted by Gasteiger charge is 2.48. The van der Waals surface area contributed by atoms with Gasteiger partial charge in [0, 0.05) is 31.1 Å². The van der Waals surface area contributed by atoms with E-state index < -0.39 is 5.92 Å². The first-order valence-corrected chi connectivity index (χ1v) is 6.24. The molecule has 3 rings (SSSR count). The van der Waals surface area contributed by atoms with Gasteiger partial charge in [-0.15, -0.1) is 0 Å². The van der Waals surface area contributed by atoms with Gasteiger partial charge >= 0.3 is 0 Å². The lowest BCUT2D eigenvalue weighted by Crippen LogP contribution is -2.52. The Balaban J connectivity index is 1.90. The lowest BCUT2D eigenvalue weighted by atomic mass is 9.85. The average molecular weight is 248 g/mol. The lowest BCUT2D eigenvalue weighted by molar-refractivity contribution is -0.0860. The molecule has 1 aliphatic heterocycles. The fourth-order valence-electron chi connectivity index (χ4n) is 2.89. The first-order chi connectivity index (χ1) is 8.59. The van der Waals surface area contributed by atoms with Gasteiger partial charge in [-0.3, -0.25) is 0 Å². The Morgan fingerprint density at radius 2 is 2.11 bits per heavy atom. The van der Waals surface area contributed by atoms with Crippen LogP contribution in [-0.2, 0) is 6.42 Å². The third-order valence-corrected chi connectivity index (χ3v) is 3.86. The smallest absolute Gasteiger partial charge is 0.252 e. The van der Waals surface area contributed by atoms with Crippen LogP contribution >= 0.6 is 0 Å². The highest BCUT2D eigenvalue weighted by Crippen LogP contribution is 2.44. The minimum atomic E-state index is -2.49. The number of hydrogen-bond donors (Lipinski definition) is 0. The van der Waals surface area contributed by atoms with Crippen molar-refractivity contribution >= 4 is 11.4 Å². The maximum Gasteiger partial charge on any atom is 0.252 e. The lowest BCUT2D eigenvalue weighted by Gasteiger charge is -2.46. The molecule has 0 amide bonds. The largest absolute Gasteiger partial charge is 0.369 e. The molecular weight excluding hydrogens is 234 g/mol. The Labute approximate surface area is 105 Å². The third kappa shape index (κ3) is 1.84. The summed E-state index contributed by atoms with van der Waals surface area (Å²) in [4.78, 5) is 5.49. The molecule has 0 aromatic heterocycles. The molecule has 0 unspecified atom stereocenters. The number of benzene rings is 1. The highest BCUT2D eigenvalue weighted by molar-refractivity contribution is 5.65. The van der Waals surface area contributed by atoms with E-state index in [-0.39, 0.29) is 18.9 Å². The van der Waals surface area contributed by atoms with Gasteiger partial charge in [0.25, 0.3) is 5.92 Å². The van der Waals surface area contributed by atoms with Gasteiger partial charge in [0.1, 0.15) is 0 Å². The minimum absolute atomic E-state index is 0.0469. The van der Waals surface area contributed by atoms with E-state index in [0.717, 1.165) is 25.1 Å². The summed E-state index contributed by atoms with van der Waals surface area (Å²) in [5.74, 6) is -2.49. The Bertz CT molecular complexity index is 511. The Hall–Kier alpha value is -1.63. The number of fused-ring (bicyclic) bond motifs is 1. The van der Waals surface area contributed by atoms with E-state index in [9.17, 15) is 8.78 Å². The molecule has 0 atom stereocenters. The van der Waals surface area contributed by atoms with Crippen LogP contribution in [0.1, 0.15) is 24.8 Å². The topological polar surface area (TPSA) is 7.60 Å². The molecule has 0 saturated heterocycles. The number of aryl methyl sites for hydroxylation is 1. The van der Waals surface area contributed by atoms with Crippen molar-refractivity contribution in [3.8, 4) is 0 Å². The fraction of sp³-hybridized carbons (Fsp3) is 0.500. The second-order valence-electron chi connectivity index (χ2n) is 5.14. The van der Waals surface area contributed by atoms with E-state index in [0.29, 0.717) is 5.69 Å². The SMILES string of the molecule is [C-]#[N+]c1ccc2c(c1)N(C1CC(F)(F)C1)CCC2. The average Bonchev–Trinajstić information content (AvgIpc) is 2.34. The molecule has 1 heterocycles. The number of nitrogens with zero attached hydrogens (tertiary/aromatic N) is 2. The van der Waals surface area contributed by atoms with Gasteiger partial charge in [0.05, 0.1) is 6.57 Å². The van der Waals surface area contributed by atoms with E-state index in [1.807, 2.05) is 18.2 Å². The summed E-state index contributed by atoms with van der Waals surface area (Å²) < 4.78 is 26.0. The normalized spacial score (nSPS) is 21.9. The van der Waals surface area contributed by atoms with Crippen molar-refractivity contribution in [2.75, 3.05) is 11.4 Å². The van der Waals surface area contributed by atoms with Gasteiger partial charge < -0.3 is 4.90 Å². The van der Waals surface area contributed by atoms with Gasteiger partial charge in [0.15, 0.2) is 5.69 Å². The fourth-order valence-corrected chi connectivity index (χ4v) is 2.89. The maximum atomic E-state index is 13.0. The van der Waals surface area contributed by atoms with Crippen LogP contribution in [0, 0.1) is 6.57 Å². The van der Waals surface area contributed by atoms with Crippen LogP contribution in [0.5, 0.6) is 0 Å². The van der Waals surface area contributed by atoms with Crippen molar-refractivity contribution in [1.82, 2.24) is 0 Å². The first kappa shape index (κ1) is 11.5. The summed E-state index contributed by atoms with van der Waals surface area (Å²) in [6.45, 7) is 7.87. The summed E-state index contributed by atoms with van der Waals surface area (Å²) in [5.41, 5.74) is 2.77. The second kappa shape index (κ2) is 3.94. The summed E-state index contributed by atoms with van der Waals surface area (Å²) in [5, 5.41) is 0. The summed E-state index contributed by atoms with van der Waals surface area (Å²) in [6, 6.07) is 5.56. The zero-order valence-electron chi connectivity index (χ0n) is 10.00. The van der Waals surface area contributed by atoms with Gasteiger partial charge in [-0.2, -0.15) is 0 Å². The van der Waals surface area contributed by atoms with E-state index in [1.54, 1.807) is 0 Å². The molecule has 1 aliphatic carbocycles. The van der Waals surface area contributed by atoms with Crippen LogP contribution in [0.2, 0.25) is 0 Å². The first-order valence-electron chi connectivity index (χ1n) is 6.24. The van der Waals surface area contributed by atoms with Crippen molar-refractivity contribution in [1.29, 1.82) is 0 Å². The molecule has 1 aromatic rings. The molecule has 0 radical (unpaired) electrons. The number of halogens is 2. The molecule has 1 saturated carbocycles. The van der Waals surface area contributed by atoms with Crippen molar-refractivity contribution < 1.29 is 8.78 Å². The maximum absolute atomic E-state index is 13.0. The Kier molecular flexibility index (Phi) is 2.51. The van der Waals surface area contributed by atoms with Gasteiger partial charge in [-0.1, -0.05) is 12.1 Å². The van der Waals surface area contributed by atoms with Crippen molar-refractivity contribution in [2.24, 2.45) is 0 Å². The van der Waals surface area contributed by atoms with Crippen molar-refractivity contribution in [2.45, 2.75) is 37.6 Å². The number of alkyl halides is 2. The van der Waals surface area contributed by atoms with Crippen molar-refractivity contribution in [3.63, 3.8) is 0 Å². The number of hydrogen-bond acceptors (Lipinski definition) is 1. The standard InChI is InChI=1S/C14H14F2N2/c1-17-11-5-4-10-3-2-6-18(13(10)7-11)12-8-14(15,16)9-12/h4-5,7,12H,2-3,6,8-9H2. The molecule has 4 heteroatoms. The monoisotopic (exact) mass is 248 g/mol. The van der Waals surface area contributed by atoms with E-state index in [2.05, 4.69) is 9.74 Å². The van der Waals surface area contributed by atoms with Gasteiger partial charge in [-0.25, -0.2) is 13.6 Å². The van der Waals surface area contributed by atoms with Gasteiger partial charge in [-0.05, 0) is 24.5 Å². The van der Waals surface area contributed by atoms with Crippen LogP contribution in [0.3, 0.4) is 0 Å². The molecule has 0 bridgehead atoms. The zero-order valence-corrected chi connectivity index (χ0v) is 10.00. The number of rotatable bonds is 1. The zero-order chi connectivity index (χ0) is 12.8. The van der Waals surface area contributed by atoms with E-state index >= 15 is 0 Å². The third-order valence-electron chi connectivity index (χ3n) is 3.86. The van der Waals surface area contributed by atoms with Crippen LogP contribution in [0.25, 0.3) is 4.85 Å². The van der Waals surface area contributed by atoms with Crippen molar-refractivity contribution in [3.05, 3.63) is 35.2 Å². The summed E-state index contributed by atoms with van der Waals surface area (Å²) in [7, 11) is 0. The molecule has 94 valence electrons. The van der Waals surface area contributed by atoms with Crippen LogP contribution in [-0.4, -0.2) is 18.5 Å². The second-order valence-corrected chi connectivity index (χ2v) is 5.14. The summed E-state index contributed by atoms with van der Waals surface area (Å²) >= 11 is 0. The quantitative estimate of drug-likeness (QED) is 0.686. The molecule has 2 nitrogen and oxygen atoms in total. The molecule has 18 heavy (non-hydrogen) atoms. The highest BCUT2D eigenvalue weighted by atomic mass is 19.3. The predicted octanol–water partition coefficient (Wildman–Crippen LogP) is 3.79. The van der Waals surface area contributed by atoms with Crippen LogP contribution < -0.4 is 4.90 Å². The molecule has 1 aromatic carbocycles. The van der Waals surface area contributed by atoms with Crippen LogP contribution in [0.15, 0.2) is 18.2 Å². The Morgan fingerprint density at radius 3 is 2.78 bits per heavy atom.